The lowest BCUT2D eigenvalue weighted by molar-refractivity contribution is -0.134. The summed E-state index contributed by atoms with van der Waals surface area (Å²) in [6, 6.07) is 11.8. The van der Waals surface area contributed by atoms with E-state index in [2.05, 4.69) is 32.3 Å². The van der Waals surface area contributed by atoms with Crippen LogP contribution in [0, 0.1) is 35.9 Å². The molecule has 2 aliphatic carbocycles. The van der Waals surface area contributed by atoms with Gasteiger partial charge in [0.2, 0.25) is 5.91 Å². The fourth-order valence-electron chi connectivity index (χ4n) is 8.75. The average molecular weight is 728 g/mol. The van der Waals surface area contributed by atoms with Gasteiger partial charge in [0.15, 0.2) is 5.82 Å². The fraction of sp³-hybridized carbons (Fsp3) is 0.447. The highest BCUT2D eigenvalue weighted by molar-refractivity contribution is 6.43. The van der Waals surface area contributed by atoms with Crippen LogP contribution < -0.4 is 5.32 Å². The number of ether oxygens (including phenoxy) is 1. The van der Waals surface area contributed by atoms with E-state index in [0.29, 0.717) is 64.7 Å². The Morgan fingerprint density at radius 2 is 2.04 bits per heavy atom. The Morgan fingerprint density at radius 3 is 2.75 bits per heavy atom. The highest BCUT2D eigenvalue weighted by Crippen LogP contribution is 2.51. The predicted octanol–water partition coefficient (Wildman–Crippen LogP) is 7.00. The first-order valence-corrected chi connectivity index (χ1v) is 18.5. The minimum Gasteiger partial charge on any atom is -0.370 e. The van der Waals surface area contributed by atoms with Gasteiger partial charge in [-0.1, -0.05) is 40.5 Å². The molecule has 262 valence electrons. The van der Waals surface area contributed by atoms with E-state index in [1.54, 1.807) is 29.1 Å². The van der Waals surface area contributed by atoms with Crippen molar-refractivity contribution < 1.29 is 13.9 Å². The summed E-state index contributed by atoms with van der Waals surface area (Å²) in [5.41, 5.74) is 5.24. The van der Waals surface area contributed by atoms with Crippen LogP contribution in [0.2, 0.25) is 10.0 Å². The number of likely N-dealkylation sites (tertiary alicyclic amines) is 1. The molecule has 3 aromatic heterocycles. The number of benzene rings is 2. The smallest absolute Gasteiger partial charge is 0.226 e. The number of carbonyl (C=O) groups is 1. The third-order valence-corrected chi connectivity index (χ3v) is 12.3. The number of pyridine rings is 1. The first-order valence-electron chi connectivity index (χ1n) is 17.7. The van der Waals surface area contributed by atoms with Crippen molar-refractivity contribution >= 4 is 50.9 Å². The third kappa shape index (κ3) is 5.33. The molecule has 5 aliphatic rings. The molecule has 2 saturated carbocycles. The van der Waals surface area contributed by atoms with Gasteiger partial charge >= 0.3 is 0 Å². The van der Waals surface area contributed by atoms with Crippen LogP contribution in [0.3, 0.4) is 0 Å². The van der Waals surface area contributed by atoms with Crippen LogP contribution in [0.1, 0.15) is 66.8 Å². The van der Waals surface area contributed by atoms with Crippen LogP contribution in [0.5, 0.6) is 0 Å². The minimum atomic E-state index is -0.483. The summed E-state index contributed by atoms with van der Waals surface area (Å²) in [7, 11) is 1.84. The number of carbonyl (C=O) groups excluding carboxylic acids is 1. The molecule has 0 radical (unpaired) electrons. The van der Waals surface area contributed by atoms with Crippen molar-refractivity contribution in [3.8, 4) is 17.2 Å². The monoisotopic (exact) mass is 726 g/mol. The van der Waals surface area contributed by atoms with E-state index >= 15 is 4.39 Å². The molecular weight excluding hydrogens is 690 g/mol. The molecule has 51 heavy (non-hydrogen) atoms. The van der Waals surface area contributed by atoms with E-state index in [1.807, 2.05) is 24.9 Å². The topological polar surface area (TPSA) is 114 Å². The number of hydrogen-bond donors (Lipinski definition) is 1. The molecule has 1 N–H and O–H groups in total. The lowest BCUT2D eigenvalue weighted by atomic mass is 9.79. The van der Waals surface area contributed by atoms with Gasteiger partial charge in [0.05, 0.1) is 58.3 Å². The fourth-order valence-corrected chi connectivity index (χ4v) is 9.15. The first kappa shape index (κ1) is 32.8. The maximum absolute atomic E-state index is 17.2. The van der Waals surface area contributed by atoms with Gasteiger partial charge < -0.3 is 19.5 Å². The zero-order valence-electron chi connectivity index (χ0n) is 28.4. The van der Waals surface area contributed by atoms with Gasteiger partial charge in [-0.3, -0.25) is 9.48 Å². The van der Waals surface area contributed by atoms with Crippen LogP contribution in [-0.4, -0.2) is 60.6 Å². The molecule has 5 unspecified atom stereocenters. The maximum Gasteiger partial charge on any atom is 0.226 e. The van der Waals surface area contributed by atoms with Crippen LogP contribution in [0.15, 0.2) is 36.5 Å². The van der Waals surface area contributed by atoms with E-state index in [0.717, 1.165) is 48.1 Å². The third-order valence-electron chi connectivity index (χ3n) is 11.5. The summed E-state index contributed by atoms with van der Waals surface area (Å²) < 4.78 is 27.7. The van der Waals surface area contributed by atoms with Gasteiger partial charge in [-0.15, -0.1) is 5.10 Å². The first-order chi connectivity index (χ1) is 24.7. The summed E-state index contributed by atoms with van der Waals surface area (Å²) in [5.74, 6) is 0.152. The van der Waals surface area contributed by atoms with Crippen molar-refractivity contribution in [1.29, 1.82) is 5.26 Å². The molecular formula is C38H37Cl2FN8O2. The highest BCUT2D eigenvalue weighted by Gasteiger charge is 2.51. The second-order valence-corrected chi connectivity index (χ2v) is 15.4. The van der Waals surface area contributed by atoms with E-state index in [1.165, 1.54) is 0 Å². The molecule has 2 aromatic carbocycles. The minimum absolute atomic E-state index is 0.0460. The lowest BCUT2D eigenvalue weighted by Crippen LogP contribution is -2.41. The molecule has 10 rings (SSSR count). The number of aromatic nitrogens is 5. The SMILES string of the molecule is Cc1nc2c(F)c(-c3cccc(Cl)c3Cl)c(CCC#N)cc2c2c1cc(C1CC(OCc3cnnn3C)CN1C(=O)C1CC1)n2C1C2CNC1C2. The molecule has 3 saturated heterocycles. The molecule has 10 nitrogen and oxygen atoms in total. The van der Waals surface area contributed by atoms with Crippen molar-refractivity contribution in [2.24, 2.45) is 18.9 Å². The van der Waals surface area contributed by atoms with Gasteiger partial charge in [0, 0.05) is 78.2 Å². The quantitative estimate of drug-likeness (QED) is 0.174. The Balaban J connectivity index is 1.24. The summed E-state index contributed by atoms with van der Waals surface area (Å²) in [6.07, 6.45) is 5.59. The Kier molecular flexibility index (Phi) is 8.07. The van der Waals surface area contributed by atoms with Crippen molar-refractivity contribution in [3.05, 3.63) is 75.0 Å². The van der Waals surface area contributed by atoms with Crippen molar-refractivity contribution in [2.45, 2.75) is 76.3 Å². The second-order valence-electron chi connectivity index (χ2n) is 14.6. The van der Waals surface area contributed by atoms with Gasteiger partial charge in [0.25, 0.3) is 0 Å². The van der Waals surface area contributed by atoms with E-state index in [4.69, 9.17) is 32.9 Å². The number of nitrogens with zero attached hydrogens (tertiary/aromatic N) is 7. The molecule has 5 aromatic rings. The number of rotatable bonds is 9. The standard InChI is InChI=1S/C38H37Cl2FN8O2/c1-19-26-14-31(30-13-24(17-48(30)38(50)20-8-9-20)51-18-23-16-44-46-47(23)2)49(36-22-12-29(36)43-15-22)37(26)27-11-21(5-4-10-42)32(34(41)35(27)45-19)25-6-3-7-28(39)33(25)40/h3,6-7,11,14,16,20,22,24,29-30,36,43H,4-5,8-9,12-13,15,17-18H2,1-2H3. The molecule has 1 amide bonds. The molecule has 6 heterocycles. The largest absolute Gasteiger partial charge is 0.370 e. The van der Waals surface area contributed by atoms with E-state index in [-0.39, 0.29) is 53.0 Å². The second kappa shape index (κ2) is 12.6. The number of amides is 1. The normalized spacial score (nSPS) is 24.1. The number of nitriles is 1. The van der Waals surface area contributed by atoms with Crippen molar-refractivity contribution in [2.75, 3.05) is 13.1 Å². The number of fused-ring (bicyclic) bond motifs is 4. The zero-order valence-corrected chi connectivity index (χ0v) is 29.9. The molecule has 13 heteroatoms. The lowest BCUT2D eigenvalue weighted by Gasteiger charge is -2.39. The number of hydrogen-bond acceptors (Lipinski definition) is 7. The molecule has 3 aliphatic heterocycles. The van der Waals surface area contributed by atoms with Crippen LogP contribution in [0.25, 0.3) is 32.9 Å². The van der Waals surface area contributed by atoms with Crippen molar-refractivity contribution in [3.63, 3.8) is 0 Å². The Hall–Kier alpha value is -4.08. The number of aryl methyl sites for hydroxylation is 3. The Labute approximate surface area is 304 Å². The summed E-state index contributed by atoms with van der Waals surface area (Å²) >= 11 is 13.1. The van der Waals surface area contributed by atoms with Gasteiger partial charge in [-0.05, 0) is 62.3 Å². The predicted molar refractivity (Wildman–Crippen MR) is 192 cm³/mol. The average Bonchev–Trinajstić information content (AvgIpc) is 3.55. The Bertz CT molecular complexity index is 2260. The van der Waals surface area contributed by atoms with Crippen LogP contribution >= 0.6 is 23.2 Å². The maximum atomic E-state index is 17.2. The molecule has 5 atom stereocenters. The van der Waals surface area contributed by atoms with Gasteiger partial charge in [-0.2, -0.15) is 5.26 Å². The number of halogens is 3. The van der Waals surface area contributed by atoms with Crippen LogP contribution in [0.4, 0.5) is 4.39 Å². The van der Waals surface area contributed by atoms with Crippen molar-refractivity contribution in [1.82, 2.24) is 34.8 Å². The Morgan fingerprint density at radius 1 is 1.20 bits per heavy atom. The van der Waals surface area contributed by atoms with Crippen LogP contribution in [-0.2, 0) is 29.6 Å². The molecule has 2 bridgehead atoms. The molecule has 0 spiro atoms. The van der Waals surface area contributed by atoms with Gasteiger partial charge in [-0.25, -0.2) is 9.37 Å². The molecule has 5 fully saturated rings. The van der Waals surface area contributed by atoms with E-state index in [9.17, 15) is 10.1 Å². The zero-order chi connectivity index (χ0) is 35.1. The van der Waals surface area contributed by atoms with E-state index < -0.39 is 5.82 Å². The van der Waals surface area contributed by atoms with Gasteiger partial charge in [0.1, 0.15) is 5.52 Å². The number of nitrogens with one attached hydrogen (secondary N) is 1. The summed E-state index contributed by atoms with van der Waals surface area (Å²) in [6.45, 7) is 3.68. The summed E-state index contributed by atoms with van der Waals surface area (Å²) in [5, 5.41) is 23.5. The summed E-state index contributed by atoms with van der Waals surface area (Å²) in [4.78, 5) is 20.9. The highest BCUT2D eigenvalue weighted by atomic mass is 35.5.